The van der Waals surface area contributed by atoms with E-state index < -0.39 is 5.56 Å². The molecule has 0 aromatic heterocycles. The van der Waals surface area contributed by atoms with E-state index in [0.29, 0.717) is 32.5 Å². The summed E-state index contributed by atoms with van der Waals surface area (Å²) in [6, 6.07) is 5.02. The molecule has 2 aliphatic heterocycles. The van der Waals surface area contributed by atoms with Crippen LogP contribution in [0.3, 0.4) is 0 Å². The number of hydrogen-bond acceptors (Lipinski definition) is 6. The summed E-state index contributed by atoms with van der Waals surface area (Å²) < 4.78 is 7.45. The van der Waals surface area contributed by atoms with Crippen LogP contribution in [-0.2, 0) is 7.05 Å². The number of aromatic nitrogens is 4. The number of fused-ring (bicyclic) bond motifs is 2. The molecule has 108 valence electrons. The molecule has 0 atom stereocenters. The lowest BCUT2D eigenvalue weighted by Crippen LogP contribution is -2.39. The molecule has 1 aromatic carbocycles. The van der Waals surface area contributed by atoms with Crippen molar-refractivity contribution in [2.75, 3.05) is 13.4 Å². The van der Waals surface area contributed by atoms with Crippen LogP contribution in [0.1, 0.15) is 0 Å². The van der Waals surface area contributed by atoms with Gasteiger partial charge in [-0.3, -0.25) is 4.79 Å². The van der Waals surface area contributed by atoms with Crippen LogP contribution in [0.2, 0.25) is 0 Å². The fourth-order valence-electron chi connectivity index (χ4n) is 2.21. The first kappa shape index (κ1) is 13.6. The lowest BCUT2D eigenvalue weighted by molar-refractivity contribution is -0.566. The molecule has 0 saturated carbocycles. The molecule has 0 aliphatic carbocycles. The summed E-state index contributed by atoms with van der Waals surface area (Å²) in [6.07, 6.45) is 1.77. The molecule has 2 heterocycles. The summed E-state index contributed by atoms with van der Waals surface area (Å²) in [7, 11) is 3.30. The Bertz CT molecular complexity index is 878. The number of hydrogen-bond donors (Lipinski definition) is 0. The number of benzene rings is 1. The molecular formula is C13H12N4O3S. The predicted molar refractivity (Wildman–Crippen MR) is 78.7 cm³/mol. The molecule has 21 heavy (non-hydrogen) atoms. The van der Waals surface area contributed by atoms with Crippen molar-refractivity contribution in [1.82, 2.24) is 14.5 Å². The molecule has 1 aromatic rings. The van der Waals surface area contributed by atoms with Gasteiger partial charge in [-0.2, -0.15) is 14.7 Å². The summed E-state index contributed by atoms with van der Waals surface area (Å²) in [6.45, 7) is 0. The van der Waals surface area contributed by atoms with Crippen LogP contribution in [0.25, 0.3) is 22.6 Å². The summed E-state index contributed by atoms with van der Waals surface area (Å²) in [4.78, 5) is 20.1. The van der Waals surface area contributed by atoms with E-state index >= 15 is 0 Å². The van der Waals surface area contributed by atoms with Crippen LogP contribution in [0.4, 0.5) is 0 Å². The minimum Gasteiger partial charge on any atom is -0.618 e. The maximum Gasteiger partial charge on any atom is 0.349 e. The average molecular weight is 304 g/mol. The summed E-state index contributed by atoms with van der Waals surface area (Å²) in [5, 5.41) is 12.8. The van der Waals surface area contributed by atoms with E-state index in [0.717, 1.165) is 0 Å². The fraction of sp³-hybridized carbons (Fsp3) is 0.231. The number of ether oxygens (including phenoxy) is 1. The van der Waals surface area contributed by atoms with Crippen LogP contribution in [0.5, 0.6) is 5.75 Å². The fourth-order valence-corrected chi connectivity index (χ4v) is 2.56. The molecule has 3 rings (SSSR count). The Labute approximate surface area is 124 Å². The van der Waals surface area contributed by atoms with E-state index in [1.807, 2.05) is 0 Å². The second-order valence-corrected chi connectivity index (χ2v) is 5.17. The first-order chi connectivity index (χ1) is 10.1. The summed E-state index contributed by atoms with van der Waals surface area (Å²) >= 11 is 1.25. The Kier molecular flexibility index (Phi) is 3.17. The van der Waals surface area contributed by atoms with Crippen molar-refractivity contribution in [2.24, 2.45) is 7.05 Å². The lowest BCUT2D eigenvalue weighted by atomic mass is 10.2. The zero-order valence-corrected chi connectivity index (χ0v) is 12.5. The van der Waals surface area contributed by atoms with Crippen molar-refractivity contribution in [3.05, 3.63) is 33.8 Å². The number of aryl methyl sites for hydroxylation is 1. The van der Waals surface area contributed by atoms with Crippen molar-refractivity contribution >= 4 is 22.8 Å². The highest BCUT2D eigenvalue weighted by Crippen LogP contribution is 2.23. The third kappa shape index (κ3) is 1.99. The van der Waals surface area contributed by atoms with Gasteiger partial charge in [-0.1, -0.05) is 11.8 Å². The Hall–Kier alpha value is -2.35. The van der Waals surface area contributed by atoms with Gasteiger partial charge in [0.25, 0.3) is 0 Å². The van der Waals surface area contributed by atoms with Crippen molar-refractivity contribution in [1.29, 1.82) is 0 Å². The molecule has 0 N–H and O–H groups in total. The van der Waals surface area contributed by atoms with Gasteiger partial charge in [-0.15, -0.1) is 0 Å². The maximum atomic E-state index is 12.4. The Balaban J connectivity index is 2.53. The Morgan fingerprint density at radius 3 is 2.81 bits per heavy atom. The van der Waals surface area contributed by atoms with Crippen LogP contribution in [0.15, 0.2) is 28.2 Å². The second-order valence-electron chi connectivity index (χ2n) is 4.40. The standard InChI is InChI=1S/C13H12N4O3S/c1-16-9-6-7(20-2)4-5-8(9)17(19)10-11(16)14-13(21-3)15-12(10)18/h4-6H,1-3H3. The van der Waals surface area contributed by atoms with E-state index in [1.54, 1.807) is 43.2 Å². The molecule has 0 bridgehead atoms. The first-order valence-corrected chi connectivity index (χ1v) is 7.31. The normalized spacial score (nSPS) is 11.2. The van der Waals surface area contributed by atoms with Crippen LogP contribution >= 0.6 is 11.8 Å². The molecule has 2 aliphatic rings. The summed E-state index contributed by atoms with van der Waals surface area (Å²) in [5.74, 6) is 0.925. The first-order valence-electron chi connectivity index (χ1n) is 6.09. The van der Waals surface area contributed by atoms with Crippen molar-refractivity contribution in [3.8, 4) is 17.3 Å². The maximum absolute atomic E-state index is 12.4. The van der Waals surface area contributed by atoms with Gasteiger partial charge in [-0.05, 0) is 12.3 Å². The number of nitrogens with zero attached hydrogens (tertiary/aromatic N) is 4. The summed E-state index contributed by atoms with van der Waals surface area (Å²) in [5.41, 5.74) is 0.353. The third-order valence-corrected chi connectivity index (χ3v) is 3.83. The molecular weight excluding hydrogens is 292 g/mol. The largest absolute Gasteiger partial charge is 0.618 e. The average Bonchev–Trinajstić information content (AvgIpc) is 2.51. The highest BCUT2D eigenvalue weighted by molar-refractivity contribution is 7.98. The van der Waals surface area contributed by atoms with Gasteiger partial charge in [0.05, 0.1) is 7.11 Å². The molecule has 7 nitrogen and oxygen atoms in total. The molecule has 0 unspecified atom stereocenters. The van der Waals surface area contributed by atoms with Gasteiger partial charge in [0.2, 0.25) is 11.3 Å². The SMILES string of the molecule is COc1ccc2c(c1)n(C)c1nc(SC)nc(=O)c-1[n+]2[O-]. The van der Waals surface area contributed by atoms with Gasteiger partial charge < -0.3 is 14.5 Å². The topological polar surface area (TPSA) is 84.0 Å². The quantitative estimate of drug-likeness (QED) is 0.229. The molecule has 0 amide bonds. The van der Waals surface area contributed by atoms with Gasteiger partial charge in [0.15, 0.2) is 5.16 Å². The molecule has 0 saturated heterocycles. The number of rotatable bonds is 2. The highest BCUT2D eigenvalue weighted by atomic mass is 32.2. The minimum absolute atomic E-state index is 0.0621. The zero-order chi connectivity index (χ0) is 15.1. The monoisotopic (exact) mass is 304 g/mol. The molecule has 8 heteroatoms. The van der Waals surface area contributed by atoms with Crippen molar-refractivity contribution in [2.45, 2.75) is 5.16 Å². The van der Waals surface area contributed by atoms with Gasteiger partial charge in [0, 0.05) is 19.2 Å². The third-order valence-electron chi connectivity index (χ3n) is 3.28. The van der Waals surface area contributed by atoms with E-state index in [4.69, 9.17) is 4.74 Å². The molecule has 0 fully saturated rings. The number of thioether (sulfide) groups is 1. The molecule has 0 spiro atoms. The lowest BCUT2D eigenvalue weighted by Gasteiger charge is -2.14. The van der Waals surface area contributed by atoms with Gasteiger partial charge in [0.1, 0.15) is 11.3 Å². The van der Waals surface area contributed by atoms with Crippen LogP contribution in [-0.4, -0.2) is 27.9 Å². The Morgan fingerprint density at radius 1 is 1.38 bits per heavy atom. The molecule has 0 radical (unpaired) electrons. The highest BCUT2D eigenvalue weighted by Gasteiger charge is 2.27. The van der Waals surface area contributed by atoms with Crippen molar-refractivity contribution in [3.63, 3.8) is 0 Å². The van der Waals surface area contributed by atoms with Gasteiger partial charge in [-0.25, -0.2) is 0 Å². The number of methoxy groups -OCH3 is 1. The second kappa shape index (κ2) is 4.88. The smallest absolute Gasteiger partial charge is 0.349 e. The van der Waals surface area contributed by atoms with Crippen LogP contribution < -0.4 is 15.0 Å². The van der Waals surface area contributed by atoms with E-state index in [2.05, 4.69) is 9.97 Å². The van der Waals surface area contributed by atoms with Crippen molar-refractivity contribution < 1.29 is 9.47 Å². The van der Waals surface area contributed by atoms with E-state index in [1.165, 1.54) is 11.8 Å². The van der Waals surface area contributed by atoms with Crippen LogP contribution in [0, 0.1) is 5.21 Å². The Morgan fingerprint density at radius 2 is 2.14 bits per heavy atom. The van der Waals surface area contributed by atoms with Gasteiger partial charge >= 0.3 is 11.3 Å². The van der Waals surface area contributed by atoms with E-state index in [-0.39, 0.29) is 5.69 Å². The zero-order valence-electron chi connectivity index (χ0n) is 11.7. The van der Waals surface area contributed by atoms with E-state index in [9.17, 15) is 10.0 Å². The predicted octanol–water partition coefficient (Wildman–Crippen LogP) is 0.797. The minimum atomic E-state index is -0.576.